The predicted molar refractivity (Wildman–Crippen MR) is 85.2 cm³/mol. The maximum absolute atomic E-state index is 12.6. The second kappa shape index (κ2) is 6.22. The third kappa shape index (κ3) is 3.87. The minimum absolute atomic E-state index is 0.613. The Hall–Kier alpha value is -2.28. The Morgan fingerprint density at radius 2 is 1.00 bits per heavy atom. The molecule has 0 aliphatic heterocycles. The minimum Gasteiger partial charge on any atom is -0.166 e. The highest BCUT2D eigenvalue weighted by Crippen LogP contribution is 2.36. The normalized spacial score (nSPS) is 12.4. The molecule has 3 aromatic rings. The first-order valence-electron chi connectivity index (χ1n) is 7.08. The first-order valence-corrected chi connectivity index (χ1v) is 7.96. The van der Waals surface area contributed by atoms with E-state index in [0.29, 0.717) is 16.7 Å². The molecule has 7 heteroatoms. The van der Waals surface area contributed by atoms with E-state index in [2.05, 4.69) is 0 Å². The molecule has 25 heavy (non-hydrogen) atoms. The summed E-state index contributed by atoms with van der Waals surface area (Å²) >= 11 is 1.32. The van der Waals surface area contributed by atoms with E-state index in [-0.39, 0.29) is 0 Å². The molecule has 0 saturated carbocycles. The van der Waals surface area contributed by atoms with E-state index in [1.54, 1.807) is 11.4 Å². The van der Waals surface area contributed by atoms with Crippen LogP contribution in [0.5, 0.6) is 0 Å². The first kappa shape index (κ1) is 17.5. The Morgan fingerprint density at radius 3 is 1.44 bits per heavy atom. The number of hydrogen-bond acceptors (Lipinski definition) is 1. The Bertz CT molecular complexity index is 782. The monoisotopic (exact) mass is 372 g/mol. The van der Waals surface area contributed by atoms with Crippen molar-refractivity contribution in [1.82, 2.24) is 0 Å². The van der Waals surface area contributed by atoms with Gasteiger partial charge in [0.25, 0.3) is 0 Å². The highest BCUT2D eigenvalue weighted by Gasteiger charge is 2.30. The van der Waals surface area contributed by atoms with Crippen LogP contribution in [-0.4, -0.2) is 0 Å². The molecule has 1 heterocycles. The van der Waals surface area contributed by atoms with Gasteiger partial charge in [-0.2, -0.15) is 26.3 Å². The fourth-order valence-corrected chi connectivity index (χ4v) is 3.24. The van der Waals surface area contributed by atoms with Crippen LogP contribution in [0.25, 0.3) is 21.6 Å². The van der Waals surface area contributed by atoms with Crippen LogP contribution < -0.4 is 0 Å². The Kier molecular flexibility index (Phi) is 4.36. The van der Waals surface area contributed by atoms with Gasteiger partial charge >= 0.3 is 12.4 Å². The van der Waals surface area contributed by atoms with Crippen molar-refractivity contribution in [2.24, 2.45) is 0 Å². The summed E-state index contributed by atoms with van der Waals surface area (Å²) in [5, 5.41) is 1.76. The average molecular weight is 372 g/mol. The second-order valence-electron chi connectivity index (χ2n) is 5.35. The highest BCUT2D eigenvalue weighted by molar-refractivity contribution is 7.14. The summed E-state index contributed by atoms with van der Waals surface area (Å²) in [5.74, 6) is 0. The van der Waals surface area contributed by atoms with Crippen molar-refractivity contribution in [3.05, 3.63) is 71.1 Å². The third-order valence-electron chi connectivity index (χ3n) is 3.64. The largest absolute Gasteiger partial charge is 0.416 e. The van der Waals surface area contributed by atoms with Gasteiger partial charge in [0.1, 0.15) is 0 Å². The quantitative estimate of drug-likeness (QED) is 0.420. The van der Waals surface area contributed by atoms with E-state index < -0.39 is 23.5 Å². The Morgan fingerprint density at radius 1 is 0.560 bits per heavy atom. The van der Waals surface area contributed by atoms with Gasteiger partial charge in [0.2, 0.25) is 0 Å². The lowest BCUT2D eigenvalue weighted by molar-refractivity contribution is -0.138. The summed E-state index contributed by atoms with van der Waals surface area (Å²) < 4.78 is 75.5. The van der Waals surface area contributed by atoms with Gasteiger partial charge in [-0.25, -0.2) is 0 Å². The molecule has 0 aliphatic rings. The molecule has 0 radical (unpaired) electrons. The molecule has 130 valence electrons. The summed E-state index contributed by atoms with van der Waals surface area (Å²) in [4.78, 5) is 0.739. The maximum atomic E-state index is 12.6. The predicted octanol–water partition coefficient (Wildman–Crippen LogP) is 7.12. The molecule has 0 amide bonds. The lowest BCUT2D eigenvalue weighted by atomic mass is 10.0. The second-order valence-corrected chi connectivity index (χ2v) is 6.26. The zero-order valence-electron chi connectivity index (χ0n) is 12.4. The molecule has 0 N–H and O–H groups in total. The van der Waals surface area contributed by atoms with Crippen LogP contribution in [0.3, 0.4) is 0 Å². The van der Waals surface area contributed by atoms with Crippen molar-refractivity contribution < 1.29 is 26.3 Å². The minimum atomic E-state index is -4.39. The summed E-state index contributed by atoms with van der Waals surface area (Å²) in [6, 6.07) is 11.3. The third-order valence-corrected chi connectivity index (χ3v) is 4.62. The zero-order valence-corrected chi connectivity index (χ0v) is 13.3. The van der Waals surface area contributed by atoms with Crippen molar-refractivity contribution in [3.8, 4) is 21.6 Å². The highest BCUT2D eigenvalue weighted by atomic mass is 32.1. The molecule has 0 bridgehead atoms. The average Bonchev–Trinajstić information content (AvgIpc) is 3.03. The van der Waals surface area contributed by atoms with E-state index >= 15 is 0 Å². The molecule has 0 saturated heterocycles. The van der Waals surface area contributed by atoms with Gasteiger partial charge in [-0.05, 0) is 52.4 Å². The van der Waals surface area contributed by atoms with Gasteiger partial charge in [-0.1, -0.05) is 24.3 Å². The Balaban J connectivity index is 1.85. The molecule has 0 nitrogen and oxygen atoms in total. The van der Waals surface area contributed by atoms with Gasteiger partial charge in [-0.15, -0.1) is 11.3 Å². The van der Waals surface area contributed by atoms with E-state index in [1.165, 1.54) is 35.6 Å². The number of rotatable bonds is 2. The zero-order chi connectivity index (χ0) is 18.2. The van der Waals surface area contributed by atoms with E-state index in [1.807, 2.05) is 0 Å². The Labute approximate surface area is 143 Å². The van der Waals surface area contributed by atoms with Crippen LogP contribution in [0.2, 0.25) is 0 Å². The number of benzene rings is 2. The van der Waals surface area contributed by atoms with Gasteiger partial charge in [0.15, 0.2) is 0 Å². The molecule has 3 rings (SSSR count). The van der Waals surface area contributed by atoms with Gasteiger partial charge in [0.05, 0.1) is 11.1 Å². The van der Waals surface area contributed by atoms with Crippen LogP contribution in [0, 0.1) is 0 Å². The molecule has 1 aromatic heterocycles. The molecule has 0 unspecified atom stereocenters. The fourth-order valence-electron chi connectivity index (χ4n) is 2.31. The first-order chi connectivity index (χ1) is 11.6. The lowest BCUT2D eigenvalue weighted by Crippen LogP contribution is -2.03. The number of halogens is 6. The van der Waals surface area contributed by atoms with Crippen LogP contribution in [0.1, 0.15) is 11.1 Å². The van der Waals surface area contributed by atoms with Crippen molar-refractivity contribution in [1.29, 1.82) is 0 Å². The molecule has 2 aromatic carbocycles. The fraction of sp³-hybridized carbons (Fsp3) is 0.111. The van der Waals surface area contributed by atoms with Crippen molar-refractivity contribution >= 4 is 11.3 Å². The summed E-state index contributed by atoms with van der Waals surface area (Å²) in [6.07, 6.45) is -8.78. The standard InChI is InChI=1S/C18H10F6S/c19-17(20,21)14-5-1-11(2-6-14)13-9-16(25-10-13)12-3-7-15(8-4-12)18(22,23)24/h1-10H. The maximum Gasteiger partial charge on any atom is 0.416 e. The van der Waals surface area contributed by atoms with Crippen molar-refractivity contribution in [2.45, 2.75) is 12.4 Å². The molecule has 0 spiro atoms. The van der Waals surface area contributed by atoms with Gasteiger partial charge in [0, 0.05) is 4.88 Å². The van der Waals surface area contributed by atoms with Crippen LogP contribution in [-0.2, 0) is 12.4 Å². The molecule has 0 aliphatic carbocycles. The van der Waals surface area contributed by atoms with Crippen molar-refractivity contribution in [2.75, 3.05) is 0 Å². The molecule has 0 atom stereocenters. The number of thiophene rings is 1. The summed E-state index contributed by atoms with van der Waals surface area (Å²) in [5.41, 5.74) is 0.498. The molecular formula is C18H10F6S. The number of hydrogen-bond donors (Lipinski definition) is 0. The SMILES string of the molecule is FC(F)(F)c1ccc(-c2csc(-c3ccc(C(F)(F)F)cc3)c2)cc1. The summed E-state index contributed by atoms with van der Waals surface area (Å²) in [7, 11) is 0. The van der Waals surface area contributed by atoms with E-state index in [0.717, 1.165) is 29.1 Å². The van der Waals surface area contributed by atoms with Gasteiger partial charge < -0.3 is 0 Å². The molecular weight excluding hydrogens is 362 g/mol. The van der Waals surface area contributed by atoms with Crippen LogP contribution in [0.15, 0.2) is 60.0 Å². The number of alkyl halides is 6. The van der Waals surface area contributed by atoms with E-state index in [9.17, 15) is 26.3 Å². The van der Waals surface area contributed by atoms with Crippen LogP contribution in [0.4, 0.5) is 26.3 Å². The van der Waals surface area contributed by atoms with Gasteiger partial charge in [-0.3, -0.25) is 0 Å². The molecule has 0 fully saturated rings. The van der Waals surface area contributed by atoms with Crippen LogP contribution >= 0.6 is 11.3 Å². The topological polar surface area (TPSA) is 0 Å². The smallest absolute Gasteiger partial charge is 0.166 e. The van der Waals surface area contributed by atoms with E-state index in [4.69, 9.17) is 0 Å². The lowest BCUT2D eigenvalue weighted by Gasteiger charge is -2.07. The van der Waals surface area contributed by atoms with Crippen molar-refractivity contribution in [3.63, 3.8) is 0 Å². The summed E-state index contributed by atoms with van der Waals surface area (Å²) in [6.45, 7) is 0.